The third-order valence-electron chi connectivity index (χ3n) is 7.18. The van der Waals surface area contributed by atoms with E-state index in [9.17, 15) is 39.0 Å². The minimum Gasteiger partial charge on any atom is -0.508 e. The van der Waals surface area contributed by atoms with Crippen molar-refractivity contribution in [1.82, 2.24) is 30.8 Å². The van der Waals surface area contributed by atoms with Crippen LogP contribution in [0.3, 0.4) is 0 Å². The molecule has 0 radical (unpaired) electrons. The van der Waals surface area contributed by atoms with Crippen LogP contribution in [-0.4, -0.2) is 103 Å². The van der Waals surface area contributed by atoms with Crippen molar-refractivity contribution in [3.05, 3.63) is 48.0 Å². The molecule has 0 bridgehead atoms. The molecule has 1 aromatic heterocycles. The Morgan fingerprint density at radius 1 is 1.00 bits per heavy atom. The molecule has 4 amide bonds. The number of aromatic nitrogens is 2. The highest BCUT2D eigenvalue weighted by atomic mass is 16.4. The number of rotatable bonds is 15. The van der Waals surface area contributed by atoms with Crippen LogP contribution in [-0.2, 0) is 41.6 Å². The van der Waals surface area contributed by atoms with Crippen LogP contribution in [0.15, 0.2) is 36.8 Å². The zero-order chi connectivity index (χ0) is 32.4. The number of aromatic amines is 1. The van der Waals surface area contributed by atoms with Gasteiger partial charge in [-0.05, 0) is 43.9 Å². The molecule has 0 aliphatic carbocycles. The van der Waals surface area contributed by atoms with Gasteiger partial charge in [0, 0.05) is 37.7 Å². The number of nitrogens with two attached hydrogens (primary N) is 1. The summed E-state index contributed by atoms with van der Waals surface area (Å²) in [6.45, 7) is 1.48. The van der Waals surface area contributed by atoms with Gasteiger partial charge in [0.25, 0.3) is 0 Å². The predicted octanol–water partition coefficient (Wildman–Crippen LogP) is -1.36. The van der Waals surface area contributed by atoms with E-state index in [2.05, 4.69) is 25.9 Å². The maximum Gasteiger partial charge on any atom is 0.326 e. The number of nitrogens with one attached hydrogen (secondary N) is 4. The fourth-order valence-electron chi connectivity index (χ4n) is 4.77. The van der Waals surface area contributed by atoms with Crippen LogP contribution >= 0.6 is 0 Å². The number of phenols is 1. The first-order chi connectivity index (χ1) is 20.8. The van der Waals surface area contributed by atoms with Gasteiger partial charge in [-0.25, -0.2) is 9.78 Å². The molecule has 1 aliphatic rings. The zero-order valence-corrected chi connectivity index (χ0v) is 24.1. The second kappa shape index (κ2) is 15.5. The third kappa shape index (κ3) is 9.52. The number of amides is 4. The fourth-order valence-corrected chi connectivity index (χ4v) is 4.77. The van der Waals surface area contributed by atoms with E-state index in [1.807, 2.05) is 0 Å². The number of carboxylic acid groups (broad SMARTS) is 2. The number of carbonyl (C=O) groups is 6. The Morgan fingerprint density at radius 2 is 1.68 bits per heavy atom. The average Bonchev–Trinajstić information content (AvgIpc) is 3.68. The molecule has 0 saturated carbocycles. The van der Waals surface area contributed by atoms with Crippen LogP contribution in [0.2, 0.25) is 0 Å². The van der Waals surface area contributed by atoms with Crippen LogP contribution in [0.5, 0.6) is 5.75 Å². The van der Waals surface area contributed by atoms with E-state index < -0.39 is 72.2 Å². The van der Waals surface area contributed by atoms with E-state index in [-0.39, 0.29) is 38.0 Å². The summed E-state index contributed by atoms with van der Waals surface area (Å²) < 4.78 is 0. The van der Waals surface area contributed by atoms with Gasteiger partial charge >= 0.3 is 11.9 Å². The zero-order valence-electron chi connectivity index (χ0n) is 24.1. The standard InChI is InChI=1S/C28H37N7O9/c1-15(24(39)33-20(8-9-23(37)38)27(42)35-10-2-3-22(35)28(43)44)32-26(41)21(11-16-4-6-18(36)7-5-16)34-25(40)19(29)12-17-13-30-14-31-17/h4-7,13-15,19-22,36H,2-3,8-12,29H2,1H3,(H,30,31)(H,32,41)(H,33,39)(H,34,40)(H,37,38)(H,43,44)/t15-,19-,20-,21-,22-/m0/s1. The van der Waals surface area contributed by atoms with Gasteiger partial charge in [-0.15, -0.1) is 0 Å². The molecule has 2 aromatic rings. The number of likely N-dealkylation sites (tertiary alicyclic amines) is 1. The topological polar surface area (TPSA) is 257 Å². The van der Waals surface area contributed by atoms with E-state index in [1.54, 1.807) is 12.1 Å². The normalized spacial score (nSPS) is 17.1. The van der Waals surface area contributed by atoms with Crippen molar-refractivity contribution >= 4 is 35.6 Å². The lowest BCUT2D eigenvalue weighted by atomic mass is 10.0. The highest BCUT2D eigenvalue weighted by Crippen LogP contribution is 2.20. The second-order valence-electron chi connectivity index (χ2n) is 10.6. The number of benzene rings is 1. The third-order valence-corrected chi connectivity index (χ3v) is 7.18. The molecule has 5 atom stereocenters. The monoisotopic (exact) mass is 615 g/mol. The molecule has 9 N–H and O–H groups in total. The Morgan fingerprint density at radius 3 is 2.30 bits per heavy atom. The summed E-state index contributed by atoms with van der Waals surface area (Å²) in [4.78, 5) is 83.1. The van der Waals surface area contributed by atoms with E-state index >= 15 is 0 Å². The van der Waals surface area contributed by atoms with Gasteiger partial charge in [-0.3, -0.25) is 24.0 Å². The number of carbonyl (C=O) groups excluding carboxylic acids is 4. The number of nitrogens with zero attached hydrogens (tertiary/aromatic N) is 2. The Balaban J connectivity index is 1.71. The van der Waals surface area contributed by atoms with Crippen molar-refractivity contribution in [3.8, 4) is 5.75 Å². The molecular formula is C28H37N7O9. The second-order valence-corrected chi connectivity index (χ2v) is 10.6. The highest BCUT2D eigenvalue weighted by molar-refractivity contribution is 5.95. The van der Waals surface area contributed by atoms with E-state index in [0.717, 1.165) is 4.90 Å². The fraction of sp³-hybridized carbons (Fsp3) is 0.464. The molecule has 3 rings (SSSR count). The molecule has 0 spiro atoms. The van der Waals surface area contributed by atoms with Gasteiger partial charge in [0.2, 0.25) is 23.6 Å². The van der Waals surface area contributed by atoms with Gasteiger partial charge in [-0.1, -0.05) is 12.1 Å². The van der Waals surface area contributed by atoms with Gasteiger partial charge in [0.1, 0.15) is 29.9 Å². The van der Waals surface area contributed by atoms with Gasteiger partial charge in [0.05, 0.1) is 12.4 Å². The Bertz CT molecular complexity index is 1330. The molecule has 1 fully saturated rings. The number of aliphatic carboxylic acids is 2. The van der Waals surface area contributed by atoms with Crippen molar-refractivity contribution in [2.45, 2.75) is 75.7 Å². The molecule has 16 heteroatoms. The summed E-state index contributed by atoms with van der Waals surface area (Å²) in [5, 5.41) is 35.7. The Labute approximate surface area is 252 Å². The first kappa shape index (κ1) is 33.5. The molecule has 0 unspecified atom stereocenters. The number of hydrogen-bond acceptors (Lipinski definition) is 9. The maximum absolute atomic E-state index is 13.3. The number of H-pyrrole nitrogens is 1. The number of carboxylic acids is 2. The van der Waals surface area contributed by atoms with Crippen LogP contribution in [0.25, 0.3) is 0 Å². The van der Waals surface area contributed by atoms with Gasteiger partial charge in [0.15, 0.2) is 0 Å². The molecule has 1 aliphatic heterocycles. The number of phenolic OH excluding ortho intramolecular Hbond substituents is 1. The number of aromatic hydroxyl groups is 1. The quantitative estimate of drug-likeness (QED) is 0.116. The summed E-state index contributed by atoms with van der Waals surface area (Å²) in [6, 6.07) is 0.0417. The molecule has 16 nitrogen and oxygen atoms in total. The minimum absolute atomic E-state index is 0.00117. The van der Waals surface area contributed by atoms with Crippen LogP contribution in [0, 0.1) is 0 Å². The summed E-state index contributed by atoms with van der Waals surface area (Å²) >= 11 is 0. The molecule has 1 saturated heterocycles. The lowest BCUT2D eigenvalue weighted by Gasteiger charge is -2.28. The maximum atomic E-state index is 13.3. The highest BCUT2D eigenvalue weighted by Gasteiger charge is 2.38. The van der Waals surface area contributed by atoms with Crippen molar-refractivity contribution < 1.29 is 44.1 Å². The first-order valence-corrected chi connectivity index (χ1v) is 14.0. The number of hydrogen-bond donors (Lipinski definition) is 8. The average molecular weight is 616 g/mol. The summed E-state index contributed by atoms with van der Waals surface area (Å²) in [5.74, 6) is -5.36. The SMILES string of the molecule is C[C@H](NC(=O)[C@H](Cc1ccc(O)cc1)NC(=O)[C@@H](N)Cc1cnc[nH]1)C(=O)N[C@@H](CCC(=O)O)C(=O)N1CCC[C@H]1C(=O)O. The summed E-state index contributed by atoms with van der Waals surface area (Å²) in [7, 11) is 0. The molecule has 1 aromatic carbocycles. The molecule has 238 valence electrons. The first-order valence-electron chi connectivity index (χ1n) is 14.0. The Hall–Kier alpha value is -4.99. The van der Waals surface area contributed by atoms with Gasteiger partial charge in [-0.2, -0.15) is 0 Å². The summed E-state index contributed by atoms with van der Waals surface area (Å²) in [5.41, 5.74) is 7.22. The van der Waals surface area contributed by atoms with Crippen molar-refractivity contribution in [3.63, 3.8) is 0 Å². The Kier molecular flexibility index (Phi) is 11.8. The smallest absolute Gasteiger partial charge is 0.326 e. The largest absolute Gasteiger partial charge is 0.508 e. The molecular weight excluding hydrogens is 578 g/mol. The lowest BCUT2D eigenvalue weighted by molar-refractivity contribution is -0.150. The predicted molar refractivity (Wildman–Crippen MR) is 153 cm³/mol. The van der Waals surface area contributed by atoms with Crippen LogP contribution in [0.4, 0.5) is 0 Å². The van der Waals surface area contributed by atoms with E-state index in [1.165, 1.54) is 31.6 Å². The van der Waals surface area contributed by atoms with E-state index in [0.29, 0.717) is 17.7 Å². The molecule has 2 heterocycles. The van der Waals surface area contributed by atoms with Crippen LogP contribution in [0.1, 0.15) is 43.9 Å². The molecule has 44 heavy (non-hydrogen) atoms. The lowest BCUT2D eigenvalue weighted by Crippen LogP contribution is -2.58. The minimum atomic E-state index is -1.34. The van der Waals surface area contributed by atoms with Crippen LogP contribution < -0.4 is 21.7 Å². The summed E-state index contributed by atoms with van der Waals surface area (Å²) in [6.07, 6.45) is 2.94. The van der Waals surface area contributed by atoms with E-state index in [4.69, 9.17) is 10.8 Å². The van der Waals surface area contributed by atoms with Crippen molar-refractivity contribution in [1.29, 1.82) is 0 Å². The van der Waals surface area contributed by atoms with Crippen molar-refractivity contribution in [2.75, 3.05) is 6.54 Å². The number of imidazole rings is 1. The van der Waals surface area contributed by atoms with Crippen molar-refractivity contribution in [2.24, 2.45) is 5.73 Å². The van der Waals surface area contributed by atoms with Gasteiger partial charge < -0.3 is 46.9 Å².